The number of pyridine rings is 1. The highest BCUT2D eigenvalue weighted by atomic mass is 19.1. The van der Waals surface area contributed by atoms with Crippen LogP contribution in [0.4, 0.5) is 10.2 Å². The van der Waals surface area contributed by atoms with Crippen molar-refractivity contribution in [2.75, 3.05) is 38.7 Å². The Morgan fingerprint density at radius 2 is 2.17 bits per heavy atom. The van der Waals surface area contributed by atoms with E-state index in [-0.39, 0.29) is 6.10 Å². The molecule has 1 aromatic carbocycles. The molecule has 3 aliphatic rings. The Kier molecular flexibility index (Phi) is 8.92. The topological polar surface area (TPSA) is 93.2 Å². The zero-order valence-corrected chi connectivity index (χ0v) is 23.9. The lowest BCUT2D eigenvalue weighted by Crippen LogP contribution is -2.40. The number of aromatic nitrogens is 1. The van der Waals surface area contributed by atoms with Gasteiger partial charge < -0.3 is 24.6 Å². The first kappa shape index (κ1) is 28.8. The van der Waals surface area contributed by atoms with Crippen molar-refractivity contribution in [2.24, 2.45) is 0 Å². The van der Waals surface area contributed by atoms with Crippen LogP contribution in [-0.2, 0) is 40.1 Å². The van der Waals surface area contributed by atoms with Crippen LogP contribution in [0.25, 0.3) is 0 Å². The van der Waals surface area contributed by atoms with Crippen molar-refractivity contribution in [3.63, 3.8) is 0 Å². The number of halogens is 1. The molecule has 0 saturated carbocycles. The van der Waals surface area contributed by atoms with Crippen LogP contribution in [0, 0.1) is 0 Å². The lowest BCUT2D eigenvalue weighted by Gasteiger charge is -2.35. The Balaban J connectivity index is 1.14. The number of alkyl halides is 1. The molecular weight excluding hydrogens is 513 g/mol. The first-order chi connectivity index (χ1) is 19.2. The molecule has 2 aromatic rings. The summed E-state index contributed by atoms with van der Waals surface area (Å²) in [5.41, 5.74) is 3.28. The molecule has 1 saturated heterocycles. The second-order valence-electron chi connectivity index (χ2n) is 11.7. The van der Waals surface area contributed by atoms with E-state index in [2.05, 4.69) is 11.4 Å². The molecule has 9 heteroatoms. The van der Waals surface area contributed by atoms with Crippen LogP contribution < -0.4 is 10.1 Å². The molecule has 0 bridgehead atoms. The molecule has 3 atom stereocenters. The minimum absolute atomic E-state index is 0.00610. The second kappa shape index (κ2) is 12.4. The number of carboxylic acids is 1. The molecule has 4 heterocycles. The SMILES string of the molecule is COc1cc(CCCCOC2CCN(C(C(=O)O)c3cccc4c3CC(C(C)(C)F)OC4)C2)nc2c1CCCN2. The molecule has 1 aromatic heterocycles. The number of aliphatic carboxylic acids is 1. The van der Waals surface area contributed by atoms with Gasteiger partial charge in [0, 0.05) is 50.0 Å². The average Bonchev–Trinajstić information content (AvgIpc) is 3.39. The molecular formula is C31H42FN3O5. The fraction of sp³-hybridized carbons (Fsp3) is 0.613. The Morgan fingerprint density at radius 1 is 1.32 bits per heavy atom. The number of methoxy groups -OCH3 is 1. The van der Waals surface area contributed by atoms with Gasteiger partial charge in [-0.2, -0.15) is 0 Å². The van der Waals surface area contributed by atoms with E-state index in [1.807, 2.05) is 23.1 Å². The highest BCUT2D eigenvalue weighted by Gasteiger charge is 2.39. The molecule has 0 aliphatic carbocycles. The molecule has 3 unspecified atom stereocenters. The van der Waals surface area contributed by atoms with Crippen LogP contribution in [0.3, 0.4) is 0 Å². The van der Waals surface area contributed by atoms with Crippen LogP contribution in [-0.4, -0.2) is 72.2 Å². The molecule has 40 heavy (non-hydrogen) atoms. The van der Waals surface area contributed by atoms with Crippen molar-refractivity contribution in [1.29, 1.82) is 0 Å². The quantitative estimate of drug-likeness (QED) is 0.379. The van der Waals surface area contributed by atoms with Crippen molar-refractivity contribution in [3.05, 3.63) is 52.2 Å². The third-order valence-electron chi connectivity index (χ3n) is 8.41. The summed E-state index contributed by atoms with van der Waals surface area (Å²) in [4.78, 5) is 19.3. The summed E-state index contributed by atoms with van der Waals surface area (Å²) >= 11 is 0. The number of aryl methyl sites for hydroxylation is 1. The van der Waals surface area contributed by atoms with Crippen LogP contribution in [0.5, 0.6) is 5.75 Å². The zero-order chi connectivity index (χ0) is 28.3. The number of benzene rings is 1. The fourth-order valence-corrected chi connectivity index (χ4v) is 6.21. The van der Waals surface area contributed by atoms with Crippen LogP contribution in [0.15, 0.2) is 24.3 Å². The van der Waals surface area contributed by atoms with E-state index in [1.165, 1.54) is 19.4 Å². The number of nitrogens with zero attached hydrogens (tertiary/aromatic N) is 2. The number of carboxylic acid groups (broad SMARTS) is 1. The van der Waals surface area contributed by atoms with Gasteiger partial charge in [0.05, 0.1) is 25.9 Å². The van der Waals surface area contributed by atoms with E-state index >= 15 is 0 Å². The molecule has 1 fully saturated rings. The van der Waals surface area contributed by atoms with Gasteiger partial charge in [-0.3, -0.25) is 9.69 Å². The highest BCUT2D eigenvalue weighted by molar-refractivity contribution is 5.76. The van der Waals surface area contributed by atoms with E-state index in [0.29, 0.717) is 32.7 Å². The maximum Gasteiger partial charge on any atom is 0.325 e. The van der Waals surface area contributed by atoms with Crippen molar-refractivity contribution >= 4 is 11.8 Å². The number of hydrogen-bond donors (Lipinski definition) is 2. The van der Waals surface area contributed by atoms with E-state index in [1.54, 1.807) is 7.11 Å². The summed E-state index contributed by atoms with van der Waals surface area (Å²) in [6.07, 6.45) is 5.34. The molecule has 8 nitrogen and oxygen atoms in total. The molecule has 5 rings (SSSR count). The van der Waals surface area contributed by atoms with Crippen LogP contribution >= 0.6 is 0 Å². The van der Waals surface area contributed by atoms with E-state index in [0.717, 1.165) is 79.0 Å². The van der Waals surface area contributed by atoms with Gasteiger partial charge in [0.25, 0.3) is 0 Å². The summed E-state index contributed by atoms with van der Waals surface area (Å²) in [5.74, 6) is 0.977. The van der Waals surface area contributed by atoms with Gasteiger partial charge >= 0.3 is 5.97 Å². The predicted molar refractivity (Wildman–Crippen MR) is 151 cm³/mol. The number of rotatable bonds is 11. The molecule has 0 amide bonds. The summed E-state index contributed by atoms with van der Waals surface area (Å²) in [7, 11) is 1.71. The number of nitrogens with one attached hydrogen (secondary N) is 1. The molecule has 0 radical (unpaired) electrons. The van der Waals surface area contributed by atoms with Gasteiger partial charge in [-0.1, -0.05) is 18.2 Å². The van der Waals surface area contributed by atoms with Crippen molar-refractivity contribution < 1.29 is 28.5 Å². The number of ether oxygens (including phenoxy) is 3. The van der Waals surface area contributed by atoms with Crippen molar-refractivity contribution in [3.8, 4) is 5.75 Å². The average molecular weight is 556 g/mol. The standard InChI is InChI=1S/C31H42FN3O5/c1-31(2,32)27-17-25-20(19-40-27)8-6-10-23(25)28(30(36)37)35-14-12-22(18-35)39-15-5-4-9-21-16-26(38-3)24-11-7-13-33-29(24)34-21/h6,8,10,16,22,27-28H,4-5,7,9,11-15,17-19H2,1-3H3,(H,33,34)(H,36,37). The maximum absolute atomic E-state index is 14.7. The minimum Gasteiger partial charge on any atom is -0.496 e. The summed E-state index contributed by atoms with van der Waals surface area (Å²) in [6, 6.07) is 6.96. The van der Waals surface area contributed by atoms with E-state index < -0.39 is 23.8 Å². The lowest BCUT2D eigenvalue weighted by atomic mass is 9.86. The number of hydrogen-bond acceptors (Lipinski definition) is 7. The fourth-order valence-electron chi connectivity index (χ4n) is 6.21. The number of fused-ring (bicyclic) bond motifs is 2. The molecule has 2 N–H and O–H groups in total. The number of unbranched alkanes of at least 4 members (excludes halogenated alkanes) is 1. The zero-order valence-electron chi connectivity index (χ0n) is 23.9. The highest BCUT2D eigenvalue weighted by Crippen LogP contribution is 2.36. The summed E-state index contributed by atoms with van der Waals surface area (Å²) in [6.45, 7) is 6.10. The monoisotopic (exact) mass is 555 g/mol. The third kappa shape index (κ3) is 6.42. The van der Waals surface area contributed by atoms with Gasteiger partial charge in [0.2, 0.25) is 0 Å². The summed E-state index contributed by atoms with van der Waals surface area (Å²) in [5, 5.41) is 13.6. The van der Waals surface area contributed by atoms with Crippen LogP contribution in [0.1, 0.15) is 73.5 Å². The third-order valence-corrected chi connectivity index (χ3v) is 8.41. The second-order valence-corrected chi connectivity index (χ2v) is 11.7. The van der Waals surface area contributed by atoms with E-state index in [4.69, 9.17) is 19.2 Å². The summed E-state index contributed by atoms with van der Waals surface area (Å²) < 4.78 is 32.3. The Hall–Kier alpha value is -2.75. The minimum atomic E-state index is -1.50. The number of anilines is 1. The van der Waals surface area contributed by atoms with Gasteiger partial charge in [0.1, 0.15) is 23.3 Å². The number of likely N-dealkylation sites (tertiary alicyclic amines) is 1. The predicted octanol–water partition coefficient (Wildman–Crippen LogP) is 4.88. The molecule has 3 aliphatic heterocycles. The maximum atomic E-state index is 14.7. The van der Waals surface area contributed by atoms with Gasteiger partial charge in [-0.15, -0.1) is 0 Å². The largest absolute Gasteiger partial charge is 0.496 e. The molecule has 218 valence electrons. The Labute approximate surface area is 236 Å². The van der Waals surface area contributed by atoms with Crippen LogP contribution in [0.2, 0.25) is 0 Å². The van der Waals surface area contributed by atoms with E-state index in [9.17, 15) is 14.3 Å². The smallest absolute Gasteiger partial charge is 0.325 e. The molecule has 0 spiro atoms. The number of carbonyl (C=O) groups is 1. The first-order valence-electron chi connectivity index (χ1n) is 14.5. The van der Waals surface area contributed by atoms with Gasteiger partial charge in [-0.05, 0) is 69.1 Å². The Bertz CT molecular complexity index is 1180. The normalized spacial score (nSPS) is 21.8. The Morgan fingerprint density at radius 3 is 2.95 bits per heavy atom. The van der Waals surface area contributed by atoms with Crippen molar-refractivity contribution in [2.45, 2.75) is 89.3 Å². The first-order valence-corrected chi connectivity index (χ1v) is 14.5. The van der Waals surface area contributed by atoms with Gasteiger partial charge in [0.15, 0.2) is 0 Å². The van der Waals surface area contributed by atoms with Crippen molar-refractivity contribution in [1.82, 2.24) is 9.88 Å². The van der Waals surface area contributed by atoms with Gasteiger partial charge in [-0.25, -0.2) is 9.37 Å². The lowest BCUT2D eigenvalue weighted by molar-refractivity contribution is -0.143.